The summed E-state index contributed by atoms with van der Waals surface area (Å²) >= 11 is 6.43. The van der Waals surface area contributed by atoms with Gasteiger partial charge in [-0.25, -0.2) is 9.21 Å². The summed E-state index contributed by atoms with van der Waals surface area (Å²) in [6.45, 7) is 2.36. The van der Waals surface area contributed by atoms with Crippen LogP contribution in [-0.2, 0) is 4.79 Å². The van der Waals surface area contributed by atoms with Crippen molar-refractivity contribution < 1.29 is 9.59 Å². The Kier molecular flexibility index (Phi) is 5.40. The molecule has 0 aromatic carbocycles. The van der Waals surface area contributed by atoms with Crippen molar-refractivity contribution in [1.82, 2.24) is 19.1 Å². The lowest BCUT2D eigenvalue weighted by molar-refractivity contribution is -0.131. The molecule has 2 heterocycles. The second-order valence-corrected chi connectivity index (χ2v) is 8.09. The van der Waals surface area contributed by atoms with Gasteiger partial charge in [-0.3, -0.25) is 4.79 Å². The predicted octanol–water partition coefficient (Wildman–Crippen LogP) is 1.35. The van der Waals surface area contributed by atoms with Gasteiger partial charge in [0.15, 0.2) is 0 Å². The maximum absolute atomic E-state index is 12.4. The highest BCUT2D eigenvalue weighted by atomic mass is 35.5. The number of hydrogen-bond donors (Lipinski definition) is 0. The van der Waals surface area contributed by atoms with E-state index in [-0.39, 0.29) is 30.6 Å². The zero-order chi connectivity index (χ0) is 18.1. The molecule has 1 aliphatic carbocycles. The van der Waals surface area contributed by atoms with Gasteiger partial charge < -0.3 is 14.7 Å². The molecule has 1 saturated carbocycles. The minimum Gasteiger partial charge on any atom is -0.331 e. The Balaban J connectivity index is 1.50. The van der Waals surface area contributed by atoms with Gasteiger partial charge in [-0.15, -0.1) is 0 Å². The first-order chi connectivity index (χ1) is 11.9. The van der Waals surface area contributed by atoms with Crippen molar-refractivity contribution in [2.24, 2.45) is 11.8 Å². The Bertz CT molecular complexity index is 564. The molecule has 2 aliphatic heterocycles. The Morgan fingerprint density at radius 1 is 1.24 bits per heavy atom. The van der Waals surface area contributed by atoms with Gasteiger partial charge in [-0.1, -0.05) is 0 Å². The van der Waals surface area contributed by atoms with Crippen LogP contribution in [0.3, 0.4) is 0 Å². The lowest BCUT2D eigenvalue weighted by Crippen LogP contribution is -2.42. The van der Waals surface area contributed by atoms with Gasteiger partial charge in [0.2, 0.25) is 5.91 Å². The van der Waals surface area contributed by atoms with Gasteiger partial charge in [-0.05, 0) is 49.3 Å². The lowest BCUT2D eigenvalue weighted by Gasteiger charge is -2.27. The van der Waals surface area contributed by atoms with Gasteiger partial charge in [0, 0.05) is 39.8 Å². The monoisotopic (exact) mass is 367 g/mol. The highest BCUT2D eigenvalue weighted by molar-refractivity contribution is 6.14. The first kappa shape index (κ1) is 18.3. The van der Waals surface area contributed by atoms with Gasteiger partial charge in [0.05, 0.1) is 12.6 Å². The summed E-state index contributed by atoms with van der Waals surface area (Å²) in [7, 11) is 3.55. The fourth-order valence-electron chi connectivity index (χ4n) is 4.48. The van der Waals surface area contributed by atoms with Gasteiger partial charge in [-0.2, -0.15) is 5.26 Å². The molecular weight excluding hydrogens is 342 g/mol. The van der Waals surface area contributed by atoms with Crippen LogP contribution in [0.2, 0.25) is 0 Å². The molecule has 0 aromatic heterocycles. The fraction of sp³-hybridized carbons (Fsp3) is 0.824. The highest BCUT2D eigenvalue weighted by Crippen LogP contribution is 2.41. The van der Waals surface area contributed by atoms with Crippen LogP contribution in [0.15, 0.2) is 0 Å². The molecule has 3 amide bonds. The number of likely N-dealkylation sites (tertiary alicyclic amines) is 2. The molecule has 7 nitrogen and oxygen atoms in total. The van der Waals surface area contributed by atoms with Crippen molar-refractivity contribution in [1.29, 1.82) is 5.26 Å². The lowest BCUT2D eigenvalue weighted by atomic mass is 10.0. The molecule has 3 fully saturated rings. The van der Waals surface area contributed by atoms with E-state index < -0.39 is 0 Å². The number of carbonyl (C=O) groups excluding carboxylic acids is 2. The van der Waals surface area contributed by atoms with Crippen molar-refractivity contribution in [3.8, 4) is 6.07 Å². The summed E-state index contributed by atoms with van der Waals surface area (Å²) < 4.78 is 1.63. The van der Waals surface area contributed by atoms with Crippen LogP contribution in [0.25, 0.3) is 0 Å². The number of urea groups is 1. The third-order valence-corrected chi connectivity index (χ3v) is 6.18. The largest absolute Gasteiger partial charge is 0.331 e. The standard InChI is InChI=1S/C17H26ClN5O2/c1-20(2)17(25)21-9-12-6-15(7-13(12)10-21)23(18)11-16(24)22-5-3-4-14(22)8-19/h12-15H,3-7,9-11H2,1-2H3/t12-,13+,14-,15-/m0/s1. The van der Waals surface area contributed by atoms with E-state index in [9.17, 15) is 9.59 Å². The van der Waals surface area contributed by atoms with E-state index in [0.29, 0.717) is 18.4 Å². The van der Waals surface area contributed by atoms with E-state index in [4.69, 9.17) is 17.0 Å². The van der Waals surface area contributed by atoms with Gasteiger partial charge in [0.1, 0.15) is 6.04 Å². The Hall–Kier alpha value is -1.52. The number of fused-ring (bicyclic) bond motifs is 1. The summed E-state index contributed by atoms with van der Waals surface area (Å²) in [5, 5.41) is 9.12. The summed E-state index contributed by atoms with van der Waals surface area (Å²) in [4.78, 5) is 29.7. The minimum absolute atomic E-state index is 0.0551. The molecule has 2 saturated heterocycles. The quantitative estimate of drug-likeness (QED) is 0.706. The second-order valence-electron chi connectivity index (χ2n) is 7.66. The maximum atomic E-state index is 12.4. The zero-order valence-electron chi connectivity index (χ0n) is 14.9. The van der Waals surface area contributed by atoms with E-state index in [1.807, 2.05) is 4.90 Å². The van der Waals surface area contributed by atoms with Crippen LogP contribution in [0.5, 0.6) is 0 Å². The van der Waals surface area contributed by atoms with Crippen LogP contribution >= 0.6 is 11.8 Å². The summed E-state index contributed by atoms with van der Waals surface area (Å²) in [6.07, 6.45) is 3.48. The molecule has 3 rings (SSSR count). The van der Waals surface area contributed by atoms with Crippen molar-refractivity contribution >= 4 is 23.7 Å². The molecule has 0 radical (unpaired) electrons. The van der Waals surface area contributed by atoms with Crippen molar-refractivity contribution in [2.75, 3.05) is 40.3 Å². The van der Waals surface area contributed by atoms with Crippen molar-refractivity contribution in [2.45, 2.75) is 37.8 Å². The second kappa shape index (κ2) is 7.38. The molecule has 0 spiro atoms. The zero-order valence-corrected chi connectivity index (χ0v) is 15.7. The number of halogens is 1. The summed E-state index contributed by atoms with van der Waals surface area (Å²) in [5.41, 5.74) is 0. The van der Waals surface area contributed by atoms with E-state index in [2.05, 4.69) is 6.07 Å². The molecule has 0 aromatic rings. The van der Waals surface area contributed by atoms with Crippen molar-refractivity contribution in [3.63, 3.8) is 0 Å². The SMILES string of the molecule is CN(C)C(=O)N1C[C@H]2C[C@@H](N(Cl)CC(=O)N3CCC[C@H]3C#N)C[C@H]2C1. The van der Waals surface area contributed by atoms with Crippen LogP contribution in [0, 0.1) is 23.2 Å². The van der Waals surface area contributed by atoms with Gasteiger partial charge >= 0.3 is 6.03 Å². The Morgan fingerprint density at radius 2 is 1.88 bits per heavy atom. The molecular formula is C17H26ClN5O2. The number of nitrogens with zero attached hydrogens (tertiary/aromatic N) is 5. The van der Waals surface area contributed by atoms with Crippen LogP contribution in [-0.4, -0.2) is 83.4 Å². The molecule has 0 bridgehead atoms. The van der Waals surface area contributed by atoms with E-state index in [1.165, 1.54) is 0 Å². The molecule has 8 heteroatoms. The van der Waals surface area contributed by atoms with Crippen LogP contribution < -0.4 is 0 Å². The highest BCUT2D eigenvalue weighted by Gasteiger charge is 2.44. The van der Waals surface area contributed by atoms with E-state index in [0.717, 1.165) is 38.8 Å². The Labute approximate surface area is 154 Å². The number of rotatable bonds is 3. The molecule has 25 heavy (non-hydrogen) atoms. The molecule has 138 valence electrons. The smallest absolute Gasteiger partial charge is 0.319 e. The molecule has 4 atom stereocenters. The van der Waals surface area contributed by atoms with E-state index in [1.54, 1.807) is 28.3 Å². The molecule has 0 N–H and O–H groups in total. The van der Waals surface area contributed by atoms with E-state index >= 15 is 0 Å². The van der Waals surface area contributed by atoms with Crippen LogP contribution in [0.1, 0.15) is 25.7 Å². The first-order valence-corrected chi connectivity index (χ1v) is 9.32. The Morgan fingerprint density at radius 3 is 2.44 bits per heavy atom. The summed E-state index contributed by atoms with van der Waals surface area (Å²) in [5.74, 6) is 0.869. The first-order valence-electron chi connectivity index (χ1n) is 8.98. The van der Waals surface area contributed by atoms with Crippen LogP contribution in [0.4, 0.5) is 4.79 Å². The fourth-order valence-corrected chi connectivity index (χ4v) is 4.75. The predicted molar refractivity (Wildman–Crippen MR) is 93.6 cm³/mol. The normalized spacial score (nSPS) is 31.3. The maximum Gasteiger partial charge on any atom is 0.319 e. The third kappa shape index (κ3) is 3.70. The van der Waals surface area contributed by atoms with Gasteiger partial charge in [0.25, 0.3) is 0 Å². The number of nitriles is 1. The topological polar surface area (TPSA) is 70.9 Å². The third-order valence-electron chi connectivity index (χ3n) is 5.78. The number of carbonyl (C=O) groups is 2. The molecule has 0 unspecified atom stereocenters. The number of amides is 3. The molecule has 3 aliphatic rings. The average Bonchev–Trinajstić information content (AvgIpc) is 3.27. The number of hydrogen-bond acceptors (Lipinski definition) is 4. The summed E-state index contributed by atoms with van der Waals surface area (Å²) in [6, 6.07) is 2.13. The minimum atomic E-state index is -0.300. The average molecular weight is 368 g/mol. The van der Waals surface area contributed by atoms with Crippen molar-refractivity contribution in [3.05, 3.63) is 0 Å².